The zero-order chi connectivity index (χ0) is 22.9. The molecule has 0 atom stereocenters. The van der Waals surface area contributed by atoms with Crippen LogP contribution in [0.5, 0.6) is 0 Å². The second kappa shape index (κ2) is 8.55. The van der Waals surface area contributed by atoms with Gasteiger partial charge in [-0.3, -0.25) is 14.7 Å². The van der Waals surface area contributed by atoms with E-state index in [-0.39, 0.29) is 5.92 Å². The quantitative estimate of drug-likeness (QED) is 0.433. The second-order valence-electron chi connectivity index (χ2n) is 8.05. The van der Waals surface area contributed by atoms with E-state index in [9.17, 15) is 8.42 Å². The smallest absolute Gasteiger partial charge is 0.229 e. The maximum absolute atomic E-state index is 11.4. The number of rotatable bonds is 6. The molecule has 0 fully saturated rings. The van der Waals surface area contributed by atoms with Crippen molar-refractivity contribution >= 4 is 15.7 Å². The molecule has 0 spiro atoms. The van der Waals surface area contributed by atoms with E-state index in [4.69, 9.17) is 4.98 Å². The number of nitrogens with one attached hydrogen (secondary N) is 2. The van der Waals surface area contributed by atoms with Crippen LogP contribution in [0, 0.1) is 6.92 Å². The maximum atomic E-state index is 11.4. The highest BCUT2D eigenvalue weighted by molar-refractivity contribution is 7.92. The first-order valence-electron chi connectivity index (χ1n) is 10.3. The SMILES string of the molecule is Cc1cccc(-c2[nH]c(C(C)C)nc2-c2cccc(-c3ccc(NS(C)(=O)=O)cn3)c2)n1. The second-order valence-corrected chi connectivity index (χ2v) is 9.80. The number of benzene rings is 1. The molecule has 3 heterocycles. The minimum Gasteiger partial charge on any atom is -0.340 e. The van der Waals surface area contributed by atoms with Gasteiger partial charge in [0.2, 0.25) is 10.0 Å². The highest BCUT2D eigenvalue weighted by Gasteiger charge is 2.17. The molecule has 0 unspecified atom stereocenters. The maximum Gasteiger partial charge on any atom is 0.229 e. The molecule has 4 rings (SSSR count). The van der Waals surface area contributed by atoms with Gasteiger partial charge in [0, 0.05) is 22.7 Å². The van der Waals surface area contributed by atoms with Crippen LogP contribution < -0.4 is 4.72 Å². The lowest BCUT2D eigenvalue weighted by Gasteiger charge is -2.07. The van der Waals surface area contributed by atoms with Gasteiger partial charge in [0.05, 0.1) is 40.9 Å². The molecule has 0 amide bonds. The molecule has 0 aliphatic carbocycles. The number of H-pyrrole nitrogens is 1. The predicted octanol–water partition coefficient (Wildman–Crippen LogP) is 5.00. The molecule has 0 aliphatic heterocycles. The van der Waals surface area contributed by atoms with Crippen LogP contribution >= 0.6 is 0 Å². The Labute approximate surface area is 188 Å². The van der Waals surface area contributed by atoms with Gasteiger partial charge < -0.3 is 4.98 Å². The first kappa shape index (κ1) is 21.7. The van der Waals surface area contributed by atoms with E-state index in [1.807, 2.05) is 49.4 Å². The molecule has 0 radical (unpaired) electrons. The molecule has 0 saturated heterocycles. The van der Waals surface area contributed by atoms with Crippen molar-refractivity contribution in [3.8, 4) is 33.9 Å². The fraction of sp³-hybridized carbons (Fsp3) is 0.208. The van der Waals surface area contributed by atoms with Crippen molar-refractivity contribution < 1.29 is 8.42 Å². The number of nitrogens with zero attached hydrogens (tertiary/aromatic N) is 3. The summed E-state index contributed by atoms with van der Waals surface area (Å²) in [5, 5.41) is 0. The summed E-state index contributed by atoms with van der Waals surface area (Å²) in [4.78, 5) is 17.4. The lowest BCUT2D eigenvalue weighted by molar-refractivity contribution is 0.607. The number of hydrogen-bond acceptors (Lipinski definition) is 5. The highest BCUT2D eigenvalue weighted by atomic mass is 32.2. The van der Waals surface area contributed by atoms with Crippen molar-refractivity contribution in [2.24, 2.45) is 0 Å². The molecular weight excluding hydrogens is 422 g/mol. The van der Waals surface area contributed by atoms with Crippen molar-refractivity contribution in [2.75, 3.05) is 11.0 Å². The molecule has 0 aliphatic rings. The number of aromatic amines is 1. The van der Waals surface area contributed by atoms with Crippen LogP contribution in [-0.4, -0.2) is 34.6 Å². The Balaban J connectivity index is 1.75. The Morgan fingerprint density at radius 1 is 0.938 bits per heavy atom. The van der Waals surface area contributed by atoms with E-state index < -0.39 is 10.0 Å². The molecule has 1 aromatic carbocycles. The van der Waals surface area contributed by atoms with E-state index >= 15 is 0 Å². The van der Waals surface area contributed by atoms with Gasteiger partial charge in [-0.25, -0.2) is 13.4 Å². The predicted molar refractivity (Wildman–Crippen MR) is 128 cm³/mol. The Kier molecular flexibility index (Phi) is 5.80. The van der Waals surface area contributed by atoms with E-state index in [2.05, 4.69) is 33.5 Å². The Morgan fingerprint density at radius 2 is 1.69 bits per heavy atom. The number of sulfonamides is 1. The lowest BCUT2D eigenvalue weighted by atomic mass is 10.0. The van der Waals surface area contributed by atoms with Crippen LogP contribution in [0.4, 0.5) is 5.69 Å². The number of imidazole rings is 1. The van der Waals surface area contributed by atoms with Crippen LogP contribution in [0.25, 0.3) is 33.9 Å². The fourth-order valence-electron chi connectivity index (χ4n) is 3.41. The van der Waals surface area contributed by atoms with Crippen molar-refractivity contribution in [1.29, 1.82) is 0 Å². The topological polar surface area (TPSA) is 101 Å². The minimum absolute atomic E-state index is 0.243. The number of pyridine rings is 2. The van der Waals surface area contributed by atoms with Gasteiger partial charge in [0.15, 0.2) is 0 Å². The average Bonchev–Trinajstić information content (AvgIpc) is 3.19. The van der Waals surface area contributed by atoms with E-state index in [1.165, 1.54) is 6.20 Å². The summed E-state index contributed by atoms with van der Waals surface area (Å²) in [6.07, 6.45) is 2.62. The first-order chi connectivity index (χ1) is 15.2. The minimum atomic E-state index is -3.34. The van der Waals surface area contributed by atoms with Crippen molar-refractivity contribution in [2.45, 2.75) is 26.7 Å². The van der Waals surface area contributed by atoms with Crippen molar-refractivity contribution in [1.82, 2.24) is 19.9 Å². The van der Waals surface area contributed by atoms with Gasteiger partial charge in [-0.15, -0.1) is 0 Å². The average molecular weight is 448 g/mol. The summed E-state index contributed by atoms with van der Waals surface area (Å²) in [6.45, 7) is 6.17. The van der Waals surface area contributed by atoms with Crippen LogP contribution in [-0.2, 0) is 10.0 Å². The number of aromatic nitrogens is 4. The molecule has 7 nitrogen and oxygen atoms in total. The van der Waals surface area contributed by atoms with Gasteiger partial charge in [0.25, 0.3) is 0 Å². The Hall–Kier alpha value is -3.52. The van der Waals surface area contributed by atoms with Crippen LogP contribution in [0.1, 0.15) is 31.3 Å². The van der Waals surface area contributed by atoms with E-state index in [1.54, 1.807) is 12.1 Å². The molecular formula is C24H25N5O2S. The monoisotopic (exact) mass is 447 g/mol. The van der Waals surface area contributed by atoms with E-state index in [0.29, 0.717) is 5.69 Å². The molecule has 3 aromatic heterocycles. The summed E-state index contributed by atoms with van der Waals surface area (Å²) in [5.41, 5.74) is 6.53. The van der Waals surface area contributed by atoms with Crippen LogP contribution in [0.15, 0.2) is 60.8 Å². The standard InChI is InChI=1S/C24H25N5O2S/c1-15(2)24-27-22(23(28-24)21-10-5-7-16(3)26-21)18-9-6-8-17(13-18)20-12-11-19(14-25-20)29-32(4,30)31/h5-15,29H,1-4H3,(H,27,28). The van der Waals surface area contributed by atoms with Gasteiger partial charge in [-0.05, 0) is 37.3 Å². The Morgan fingerprint density at radius 3 is 2.34 bits per heavy atom. The summed E-state index contributed by atoms with van der Waals surface area (Å²) < 4.78 is 25.3. The summed E-state index contributed by atoms with van der Waals surface area (Å²) >= 11 is 0. The molecule has 0 bridgehead atoms. The van der Waals surface area contributed by atoms with Crippen LogP contribution in [0.2, 0.25) is 0 Å². The third-order valence-corrected chi connectivity index (χ3v) is 5.52. The zero-order valence-electron chi connectivity index (χ0n) is 18.4. The van der Waals surface area contributed by atoms with Gasteiger partial charge in [-0.2, -0.15) is 0 Å². The molecule has 164 valence electrons. The van der Waals surface area contributed by atoms with Crippen LogP contribution in [0.3, 0.4) is 0 Å². The summed E-state index contributed by atoms with van der Waals surface area (Å²) in [7, 11) is -3.34. The number of hydrogen-bond donors (Lipinski definition) is 2. The lowest BCUT2D eigenvalue weighted by Crippen LogP contribution is -2.09. The first-order valence-corrected chi connectivity index (χ1v) is 12.2. The summed E-state index contributed by atoms with van der Waals surface area (Å²) in [5.74, 6) is 1.14. The molecule has 0 saturated carbocycles. The summed E-state index contributed by atoms with van der Waals surface area (Å²) in [6, 6.07) is 17.4. The van der Waals surface area contributed by atoms with E-state index in [0.717, 1.165) is 51.7 Å². The third-order valence-electron chi connectivity index (χ3n) is 4.91. The van der Waals surface area contributed by atoms with Crippen molar-refractivity contribution in [3.05, 3.63) is 72.3 Å². The number of anilines is 1. The Bertz CT molecular complexity index is 1360. The molecule has 8 heteroatoms. The third kappa shape index (κ3) is 4.86. The van der Waals surface area contributed by atoms with Crippen molar-refractivity contribution in [3.63, 3.8) is 0 Å². The van der Waals surface area contributed by atoms with Gasteiger partial charge >= 0.3 is 0 Å². The van der Waals surface area contributed by atoms with Gasteiger partial charge in [0.1, 0.15) is 5.82 Å². The molecule has 4 aromatic rings. The normalized spacial score (nSPS) is 11.7. The zero-order valence-corrected chi connectivity index (χ0v) is 19.2. The number of aryl methyl sites for hydroxylation is 1. The molecule has 2 N–H and O–H groups in total. The fourth-order valence-corrected chi connectivity index (χ4v) is 3.96. The van der Waals surface area contributed by atoms with Gasteiger partial charge in [-0.1, -0.05) is 38.1 Å². The highest BCUT2D eigenvalue weighted by Crippen LogP contribution is 2.33. The largest absolute Gasteiger partial charge is 0.340 e. The molecule has 32 heavy (non-hydrogen) atoms.